The number of thioether (sulfide) groups is 1. The zero-order valence-corrected chi connectivity index (χ0v) is 16.1. The molecule has 1 aliphatic rings. The van der Waals surface area contributed by atoms with Crippen molar-refractivity contribution in [3.8, 4) is 28.7 Å². The summed E-state index contributed by atoms with van der Waals surface area (Å²) in [6.07, 6.45) is -1.90. The fourth-order valence-corrected chi connectivity index (χ4v) is 4.75. The molecule has 5 N–H and O–H groups in total. The van der Waals surface area contributed by atoms with Crippen LogP contribution in [-0.2, 0) is 5.75 Å². The monoisotopic (exact) mass is 412 g/mol. The molecule has 0 unspecified atom stereocenters. The average molecular weight is 412 g/mol. The predicted octanol–water partition coefficient (Wildman–Crippen LogP) is 3.98. The fourth-order valence-electron chi connectivity index (χ4n) is 3.44. The van der Waals surface area contributed by atoms with Gasteiger partial charge in [-0.3, -0.25) is 0 Å². The van der Waals surface area contributed by atoms with Gasteiger partial charge in [0.05, 0.1) is 10.8 Å². The molecule has 1 heterocycles. The lowest BCUT2D eigenvalue weighted by Crippen LogP contribution is -2.33. The smallest absolute Gasteiger partial charge is 0.157 e. The molecular weight excluding hydrogens is 392 g/mol. The van der Waals surface area contributed by atoms with Crippen molar-refractivity contribution in [3.05, 3.63) is 77.4 Å². The van der Waals surface area contributed by atoms with Crippen molar-refractivity contribution in [2.45, 2.75) is 23.2 Å². The van der Waals surface area contributed by atoms with Gasteiger partial charge in [0.2, 0.25) is 0 Å². The Bertz CT molecular complexity index is 1020. The highest BCUT2D eigenvalue weighted by Gasteiger charge is 2.40. The van der Waals surface area contributed by atoms with Gasteiger partial charge < -0.3 is 30.3 Å². The Morgan fingerprint density at radius 3 is 2.31 bits per heavy atom. The van der Waals surface area contributed by atoms with Crippen LogP contribution in [0.3, 0.4) is 0 Å². The third-order valence-electron chi connectivity index (χ3n) is 4.86. The first-order valence-electron chi connectivity index (χ1n) is 9.02. The summed E-state index contributed by atoms with van der Waals surface area (Å²) in [6.45, 7) is 0. The molecule has 6 nitrogen and oxygen atoms in total. The minimum atomic E-state index is -1.05. The molecule has 1 aliphatic heterocycles. The topological polar surface area (TPSA) is 110 Å². The van der Waals surface area contributed by atoms with Gasteiger partial charge in [0.15, 0.2) is 17.6 Å². The van der Waals surface area contributed by atoms with E-state index in [0.717, 1.165) is 5.56 Å². The van der Waals surface area contributed by atoms with Crippen molar-refractivity contribution in [2.24, 2.45) is 0 Å². The van der Waals surface area contributed by atoms with Gasteiger partial charge in [-0.05, 0) is 23.3 Å². The first-order valence-corrected chi connectivity index (χ1v) is 10.1. The van der Waals surface area contributed by atoms with Crippen molar-refractivity contribution in [1.29, 1.82) is 0 Å². The maximum atomic E-state index is 11.1. The minimum absolute atomic E-state index is 0.156. The van der Waals surface area contributed by atoms with Gasteiger partial charge in [0.1, 0.15) is 23.4 Å². The number of phenolic OH excluding ortho intramolecular Hbond substituents is 4. The molecular formula is C22H20O6S. The Labute approximate surface area is 171 Å². The molecule has 0 saturated carbocycles. The van der Waals surface area contributed by atoms with E-state index in [1.54, 1.807) is 6.07 Å². The van der Waals surface area contributed by atoms with Crippen molar-refractivity contribution in [3.63, 3.8) is 0 Å². The summed E-state index contributed by atoms with van der Waals surface area (Å²) < 4.78 is 5.89. The van der Waals surface area contributed by atoms with E-state index in [1.165, 1.54) is 36.0 Å². The van der Waals surface area contributed by atoms with E-state index in [1.807, 2.05) is 30.3 Å². The summed E-state index contributed by atoms with van der Waals surface area (Å²) in [5, 5.41) is 50.3. The molecule has 0 saturated heterocycles. The van der Waals surface area contributed by atoms with E-state index in [4.69, 9.17) is 4.74 Å². The number of hydrogen-bond acceptors (Lipinski definition) is 7. The number of hydrogen-bond donors (Lipinski definition) is 5. The molecule has 3 aromatic rings. The molecule has 150 valence electrons. The van der Waals surface area contributed by atoms with E-state index >= 15 is 0 Å². The highest BCUT2D eigenvalue weighted by atomic mass is 32.2. The van der Waals surface area contributed by atoms with Crippen LogP contribution in [-0.4, -0.2) is 31.6 Å². The lowest BCUT2D eigenvalue weighted by atomic mass is 9.93. The van der Waals surface area contributed by atoms with Crippen LogP contribution in [0, 0.1) is 0 Å². The Kier molecular flexibility index (Phi) is 5.17. The van der Waals surface area contributed by atoms with Gasteiger partial charge in [0.25, 0.3) is 0 Å². The zero-order chi connectivity index (χ0) is 20.5. The quantitative estimate of drug-likeness (QED) is 0.412. The number of ether oxygens (including phenoxy) is 1. The van der Waals surface area contributed by atoms with Crippen LogP contribution < -0.4 is 4.74 Å². The summed E-state index contributed by atoms with van der Waals surface area (Å²) >= 11 is 1.44. The highest BCUT2D eigenvalue weighted by Crippen LogP contribution is 2.53. The molecule has 0 aliphatic carbocycles. The molecule has 4 rings (SSSR count). The second-order valence-corrected chi connectivity index (χ2v) is 8.00. The number of aliphatic hydroxyl groups excluding tert-OH is 1. The first-order chi connectivity index (χ1) is 13.9. The summed E-state index contributed by atoms with van der Waals surface area (Å²) in [5.74, 6) is -0.0547. The first kappa shape index (κ1) is 19.3. The van der Waals surface area contributed by atoms with Crippen LogP contribution in [0.15, 0.2) is 60.7 Å². The van der Waals surface area contributed by atoms with Crippen LogP contribution in [0.5, 0.6) is 28.7 Å². The molecule has 3 aromatic carbocycles. The predicted molar refractivity (Wildman–Crippen MR) is 109 cm³/mol. The second-order valence-electron chi connectivity index (χ2n) is 6.87. The average Bonchev–Trinajstić information content (AvgIpc) is 2.70. The number of phenols is 4. The molecule has 0 spiro atoms. The summed E-state index contributed by atoms with van der Waals surface area (Å²) in [7, 11) is 0. The molecule has 3 atom stereocenters. The minimum Gasteiger partial charge on any atom is -0.508 e. The molecule has 0 radical (unpaired) electrons. The number of fused-ring (bicyclic) bond motifs is 1. The third-order valence-corrected chi connectivity index (χ3v) is 6.24. The van der Waals surface area contributed by atoms with Crippen molar-refractivity contribution >= 4 is 11.8 Å². The van der Waals surface area contributed by atoms with Crippen LogP contribution in [0.4, 0.5) is 0 Å². The summed E-state index contributed by atoms with van der Waals surface area (Å²) in [5.41, 5.74) is 1.94. The Hall–Kier alpha value is -3.03. The molecule has 29 heavy (non-hydrogen) atoms. The highest BCUT2D eigenvalue weighted by molar-refractivity contribution is 7.98. The molecule has 0 aromatic heterocycles. The van der Waals surface area contributed by atoms with Crippen LogP contribution >= 0.6 is 11.8 Å². The number of benzene rings is 3. The van der Waals surface area contributed by atoms with Gasteiger partial charge in [-0.1, -0.05) is 36.4 Å². The lowest BCUT2D eigenvalue weighted by Gasteiger charge is -2.37. The molecule has 0 bridgehead atoms. The Morgan fingerprint density at radius 1 is 0.828 bits per heavy atom. The Balaban J connectivity index is 1.72. The molecule has 7 heteroatoms. The van der Waals surface area contributed by atoms with Crippen molar-refractivity contribution in [1.82, 2.24) is 0 Å². The maximum Gasteiger partial charge on any atom is 0.157 e. The second kappa shape index (κ2) is 7.77. The standard InChI is InChI=1S/C22H20O6S/c23-14-9-17(26)19-18(10-14)28-21(13-6-7-15(24)16(25)8-13)20(27)22(19)29-11-12-4-2-1-3-5-12/h1-10,20-27H,11H2/t20-,21-,22-/m1/s1. The normalized spacial score (nSPS) is 20.7. The van der Waals surface area contributed by atoms with Crippen LogP contribution in [0.1, 0.15) is 28.0 Å². The Morgan fingerprint density at radius 2 is 1.59 bits per heavy atom. The number of aromatic hydroxyl groups is 4. The van der Waals surface area contributed by atoms with Crippen molar-refractivity contribution < 1.29 is 30.3 Å². The largest absolute Gasteiger partial charge is 0.508 e. The van der Waals surface area contributed by atoms with Crippen LogP contribution in [0.25, 0.3) is 0 Å². The van der Waals surface area contributed by atoms with Crippen LogP contribution in [0.2, 0.25) is 0 Å². The van der Waals surface area contributed by atoms with E-state index < -0.39 is 17.5 Å². The van der Waals surface area contributed by atoms with E-state index in [2.05, 4.69) is 0 Å². The maximum absolute atomic E-state index is 11.1. The van der Waals surface area contributed by atoms with Gasteiger partial charge >= 0.3 is 0 Å². The van der Waals surface area contributed by atoms with Gasteiger partial charge in [-0.15, -0.1) is 11.8 Å². The van der Waals surface area contributed by atoms with Gasteiger partial charge in [0, 0.05) is 17.9 Å². The number of rotatable bonds is 4. The SMILES string of the molecule is Oc1cc(O)c2c(c1)O[C@H](c1ccc(O)c(O)c1)[C@@H](O)[C@@H]2SCc1ccccc1. The lowest BCUT2D eigenvalue weighted by molar-refractivity contribution is 0.0174. The van der Waals surface area contributed by atoms with E-state index in [-0.39, 0.29) is 28.7 Å². The molecule has 0 fully saturated rings. The summed E-state index contributed by atoms with van der Waals surface area (Å²) in [6, 6.07) is 16.6. The third kappa shape index (κ3) is 3.79. The van der Waals surface area contributed by atoms with Gasteiger partial charge in [-0.25, -0.2) is 0 Å². The van der Waals surface area contributed by atoms with E-state index in [0.29, 0.717) is 16.9 Å². The summed E-state index contributed by atoms with van der Waals surface area (Å²) in [4.78, 5) is 0. The molecule has 0 amide bonds. The fraction of sp³-hybridized carbons (Fsp3) is 0.182. The van der Waals surface area contributed by atoms with E-state index in [9.17, 15) is 25.5 Å². The van der Waals surface area contributed by atoms with Gasteiger partial charge in [-0.2, -0.15) is 0 Å². The zero-order valence-electron chi connectivity index (χ0n) is 15.3. The van der Waals surface area contributed by atoms with Crippen molar-refractivity contribution in [2.75, 3.05) is 0 Å². The number of aliphatic hydroxyl groups is 1.